The molecule has 0 bridgehead atoms. The van der Waals surface area contributed by atoms with Crippen molar-refractivity contribution >= 4 is 5.82 Å². The molecule has 0 atom stereocenters. The predicted molar refractivity (Wildman–Crippen MR) is 112 cm³/mol. The summed E-state index contributed by atoms with van der Waals surface area (Å²) in [5, 5.41) is 0. The van der Waals surface area contributed by atoms with Crippen LogP contribution in [0.5, 0.6) is 0 Å². The summed E-state index contributed by atoms with van der Waals surface area (Å²) < 4.78 is 13.4. The molecule has 0 spiro atoms. The van der Waals surface area contributed by atoms with Crippen LogP contribution in [-0.4, -0.2) is 21.5 Å². The second kappa shape index (κ2) is 7.43. The van der Waals surface area contributed by atoms with E-state index in [1.165, 1.54) is 23.3 Å². The Labute approximate surface area is 168 Å². The molecule has 5 rings (SSSR count). The lowest BCUT2D eigenvalue weighted by atomic mass is 10.00. The van der Waals surface area contributed by atoms with E-state index in [0.29, 0.717) is 5.82 Å². The van der Waals surface area contributed by atoms with Crippen LogP contribution < -0.4 is 4.90 Å². The summed E-state index contributed by atoms with van der Waals surface area (Å²) in [6.45, 7) is 1.71. The zero-order chi connectivity index (χ0) is 19.6. The minimum atomic E-state index is -0.259. The molecule has 5 heteroatoms. The molecule has 2 aromatic carbocycles. The molecule has 0 fully saturated rings. The van der Waals surface area contributed by atoms with Crippen molar-refractivity contribution in [3.63, 3.8) is 0 Å². The lowest BCUT2D eigenvalue weighted by Gasteiger charge is -2.30. The highest BCUT2D eigenvalue weighted by Crippen LogP contribution is 2.29. The molecule has 0 N–H and O–H groups in total. The lowest BCUT2D eigenvalue weighted by molar-refractivity contribution is 0.628. The van der Waals surface area contributed by atoms with Crippen molar-refractivity contribution < 1.29 is 4.39 Å². The van der Waals surface area contributed by atoms with E-state index in [4.69, 9.17) is 9.97 Å². The number of fused-ring (bicyclic) bond motifs is 1. The summed E-state index contributed by atoms with van der Waals surface area (Å²) in [5.41, 5.74) is 5.27. The van der Waals surface area contributed by atoms with Crippen molar-refractivity contribution in [3.05, 3.63) is 96.1 Å². The van der Waals surface area contributed by atoms with Crippen LogP contribution in [0.25, 0.3) is 22.6 Å². The minimum Gasteiger partial charge on any atom is -0.352 e. The number of pyridine rings is 1. The van der Waals surface area contributed by atoms with Crippen molar-refractivity contribution in [2.24, 2.45) is 0 Å². The van der Waals surface area contributed by atoms with E-state index in [1.807, 2.05) is 18.2 Å². The van der Waals surface area contributed by atoms with Crippen LogP contribution >= 0.6 is 0 Å². The van der Waals surface area contributed by atoms with Crippen molar-refractivity contribution in [3.8, 4) is 22.6 Å². The largest absolute Gasteiger partial charge is 0.352 e. The molecule has 0 unspecified atom stereocenters. The molecule has 0 amide bonds. The van der Waals surface area contributed by atoms with E-state index in [9.17, 15) is 4.39 Å². The molecule has 142 valence electrons. The first-order valence-electron chi connectivity index (χ1n) is 9.63. The summed E-state index contributed by atoms with van der Waals surface area (Å²) in [6, 6.07) is 20.8. The van der Waals surface area contributed by atoms with Crippen LogP contribution in [0.15, 0.2) is 79.1 Å². The van der Waals surface area contributed by atoms with Gasteiger partial charge < -0.3 is 4.90 Å². The topological polar surface area (TPSA) is 41.9 Å². The monoisotopic (exact) mass is 382 g/mol. The highest BCUT2D eigenvalue weighted by Gasteiger charge is 2.19. The Morgan fingerprint density at radius 1 is 0.793 bits per heavy atom. The van der Waals surface area contributed by atoms with Crippen molar-refractivity contribution in [1.82, 2.24) is 15.0 Å². The molecule has 2 aromatic heterocycles. The molecule has 3 heterocycles. The van der Waals surface area contributed by atoms with Gasteiger partial charge >= 0.3 is 0 Å². The van der Waals surface area contributed by atoms with Gasteiger partial charge in [0.15, 0.2) is 5.82 Å². The fourth-order valence-electron chi connectivity index (χ4n) is 3.69. The van der Waals surface area contributed by atoms with Crippen LogP contribution in [0.3, 0.4) is 0 Å². The number of hydrogen-bond donors (Lipinski definition) is 0. The van der Waals surface area contributed by atoms with E-state index in [-0.39, 0.29) is 5.82 Å². The number of halogens is 1. The van der Waals surface area contributed by atoms with Gasteiger partial charge in [0.25, 0.3) is 0 Å². The second-order valence-electron chi connectivity index (χ2n) is 7.12. The van der Waals surface area contributed by atoms with Gasteiger partial charge in [0, 0.05) is 42.7 Å². The maximum absolute atomic E-state index is 13.4. The van der Waals surface area contributed by atoms with Gasteiger partial charge in [-0.15, -0.1) is 0 Å². The standard InChI is InChI=1S/C24H19FN4/c25-21-7-5-18(6-8-21)22-15-23(28-24(27-22)19-9-12-26-13-10-19)29-14-11-17-3-1-2-4-20(17)16-29/h1-10,12-13,15H,11,14,16H2. The number of nitrogens with zero attached hydrogens (tertiary/aromatic N) is 4. The van der Waals surface area contributed by atoms with Crippen LogP contribution in [0.1, 0.15) is 11.1 Å². The van der Waals surface area contributed by atoms with E-state index >= 15 is 0 Å². The lowest BCUT2D eigenvalue weighted by Crippen LogP contribution is -2.31. The van der Waals surface area contributed by atoms with Gasteiger partial charge in [0.05, 0.1) is 5.69 Å². The van der Waals surface area contributed by atoms with Crippen LogP contribution in [0, 0.1) is 5.82 Å². The third kappa shape index (κ3) is 3.59. The Bertz CT molecular complexity index is 1140. The molecule has 1 aliphatic rings. The number of benzene rings is 2. The van der Waals surface area contributed by atoms with Crippen molar-refractivity contribution in [1.29, 1.82) is 0 Å². The van der Waals surface area contributed by atoms with Gasteiger partial charge in [0.2, 0.25) is 0 Å². The maximum atomic E-state index is 13.4. The first-order valence-corrected chi connectivity index (χ1v) is 9.63. The van der Waals surface area contributed by atoms with E-state index in [2.05, 4.69) is 34.1 Å². The van der Waals surface area contributed by atoms with Crippen molar-refractivity contribution in [2.45, 2.75) is 13.0 Å². The molecular formula is C24H19FN4. The van der Waals surface area contributed by atoms with E-state index < -0.39 is 0 Å². The first-order chi connectivity index (χ1) is 14.3. The Kier molecular flexibility index (Phi) is 4.48. The first kappa shape index (κ1) is 17.5. The van der Waals surface area contributed by atoms with Crippen molar-refractivity contribution in [2.75, 3.05) is 11.4 Å². The van der Waals surface area contributed by atoms with Gasteiger partial charge in [-0.1, -0.05) is 24.3 Å². The summed E-state index contributed by atoms with van der Waals surface area (Å²) in [5.74, 6) is 1.26. The third-order valence-corrected chi connectivity index (χ3v) is 5.25. The smallest absolute Gasteiger partial charge is 0.162 e. The number of rotatable bonds is 3. The fraction of sp³-hybridized carbons (Fsp3) is 0.125. The zero-order valence-electron chi connectivity index (χ0n) is 15.8. The van der Waals surface area contributed by atoms with Crippen LogP contribution in [-0.2, 0) is 13.0 Å². The third-order valence-electron chi connectivity index (χ3n) is 5.25. The summed E-state index contributed by atoms with van der Waals surface area (Å²) in [4.78, 5) is 16.0. The molecule has 0 saturated heterocycles. The average Bonchev–Trinajstić information content (AvgIpc) is 2.79. The molecule has 0 aliphatic carbocycles. The number of anilines is 1. The van der Waals surface area contributed by atoms with Gasteiger partial charge in [-0.05, 0) is 53.9 Å². The molecule has 4 aromatic rings. The number of aromatic nitrogens is 3. The van der Waals surface area contributed by atoms with Gasteiger partial charge in [-0.25, -0.2) is 14.4 Å². The molecule has 1 aliphatic heterocycles. The zero-order valence-corrected chi connectivity index (χ0v) is 15.8. The summed E-state index contributed by atoms with van der Waals surface area (Å²) >= 11 is 0. The molecule has 4 nitrogen and oxygen atoms in total. The summed E-state index contributed by atoms with van der Waals surface area (Å²) in [7, 11) is 0. The Balaban J connectivity index is 1.59. The Morgan fingerprint density at radius 3 is 2.34 bits per heavy atom. The highest BCUT2D eigenvalue weighted by atomic mass is 19.1. The Morgan fingerprint density at radius 2 is 1.55 bits per heavy atom. The van der Waals surface area contributed by atoms with Gasteiger partial charge in [-0.3, -0.25) is 4.98 Å². The average molecular weight is 382 g/mol. The van der Waals surface area contributed by atoms with Gasteiger partial charge in [-0.2, -0.15) is 0 Å². The van der Waals surface area contributed by atoms with E-state index in [1.54, 1.807) is 24.5 Å². The second-order valence-corrected chi connectivity index (χ2v) is 7.12. The molecule has 0 saturated carbocycles. The minimum absolute atomic E-state index is 0.259. The molecule has 29 heavy (non-hydrogen) atoms. The number of hydrogen-bond acceptors (Lipinski definition) is 4. The van der Waals surface area contributed by atoms with Crippen LogP contribution in [0.4, 0.5) is 10.2 Å². The highest BCUT2D eigenvalue weighted by molar-refractivity contribution is 5.68. The van der Waals surface area contributed by atoms with Crippen LogP contribution in [0.2, 0.25) is 0 Å². The SMILES string of the molecule is Fc1ccc(-c2cc(N3CCc4ccccc4C3)nc(-c3ccncc3)n2)cc1. The molecule has 0 radical (unpaired) electrons. The molecular weight excluding hydrogens is 363 g/mol. The maximum Gasteiger partial charge on any atom is 0.162 e. The predicted octanol–water partition coefficient (Wildman–Crippen LogP) is 4.91. The fourth-order valence-corrected chi connectivity index (χ4v) is 3.69. The van der Waals surface area contributed by atoms with E-state index in [0.717, 1.165) is 42.1 Å². The quantitative estimate of drug-likeness (QED) is 0.505. The summed E-state index contributed by atoms with van der Waals surface area (Å²) in [6.07, 6.45) is 4.46. The van der Waals surface area contributed by atoms with Gasteiger partial charge in [0.1, 0.15) is 11.6 Å². The Hall–Kier alpha value is -3.60. The normalized spacial score (nSPS) is 13.2.